The van der Waals surface area contributed by atoms with E-state index >= 15 is 0 Å². The standard InChI is InChI=1S/C10H21NO2/c1-2-11-10(3-6-12)9-4-7-13-8-5-9/h9-12H,2-8H2,1H3. The van der Waals surface area contributed by atoms with Crippen molar-refractivity contribution in [1.82, 2.24) is 5.32 Å². The van der Waals surface area contributed by atoms with Crippen molar-refractivity contribution in [3.63, 3.8) is 0 Å². The molecule has 1 aliphatic heterocycles. The summed E-state index contributed by atoms with van der Waals surface area (Å²) < 4.78 is 5.32. The van der Waals surface area contributed by atoms with E-state index in [0.717, 1.165) is 39.0 Å². The highest BCUT2D eigenvalue weighted by Gasteiger charge is 2.22. The predicted octanol–water partition coefficient (Wildman–Crippen LogP) is 0.773. The minimum absolute atomic E-state index is 0.287. The lowest BCUT2D eigenvalue weighted by molar-refractivity contribution is 0.0501. The number of ether oxygens (including phenoxy) is 1. The lowest BCUT2D eigenvalue weighted by Crippen LogP contribution is -2.39. The summed E-state index contributed by atoms with van der Waals surface area (Å²) >= 11 is 0. The number of nitrogens with one attached hydrogen (secondary N) is 1. The van der Waals surface area contributed by atoms with E-state index in [1.54, 1.807) is 0 Å². The number of aliphatic hydroxyl groups excluding tert-OH is 1. The first-order valence-corrected chi connectivity index (χ1v) is 5.30. The summed E-state index contributed by atoms with van der Waals surface area (Å²) in [5, 5.41) is 12.4. The van der Waals surface area contributed by atoms with Crippen molar-refractivity contribution in [2.45, 2.75) is 32.2 Å². The summed E-state index contributed by atoms with van der Waals surface area (Å²) in [4.78, 5) is 0. The molecule has 0 bridgehead atoms. The molecule has 13 heavy (non-hydrogen) atoms. The molecule has 3 heteroatoms. The second-order valence-corrected chi connectivity index (χ2v) is 3.63. The third kappa shape index (κ3) is 3.63. The quantitative estimate of drug-likeness (QED) is 0.668. The van der Waals surface area contributed by atoms with Gasteiger partial charge in [0.2, 0.25) is 0 Å². The zero-order valence-corrected chi connectivity index (χ0v) is 8.46. The molecule has 1 fully saturated rings. The van der Waals surface area contributed by atoms with E-state index in [1.807, 2.05) is 0 Å². The third-order valence-corrected chi connectivity index (χ3v) is 2.74. The highest BCUT2D eigenvalue weighted by molar-refractivity contribution is 4.77. The van der Waals surface area contributed by atoms with E-state index in [2.05, 4.69) is 12.2 Å². The van der Waals surface area contributed by atoms with Gasteiger partial charge in [0.05, 0.1) is 0 Å². The summed E-state index contributed by atoms with van der Waals surface area (Å²) in [6.07, 6.45) is 3.15. The van der Waals surface area contributed by atoms with Crippen LogP contribution in [0.5, 0.6) is 0 Å². The lowest BCUT2D eigenvalue weighted by Gasteiger charge is -2.30. The molecule has 0 radical (unpaired) electrons. The Kier molecular flexibility index (Phi) is 5.35. The summed E-state index contributed by atoms with van der Waals surface area (Å²) in [6, 6.07) is 0.485. The molecule has 0 saturated carbocycles. The van der Waals surface area contributed by atoms with E-state index in [-0.39, 0.29) is 6.61 Å². The SMILES string of the molecule is CCNC(CCO)C1CCOCC1. The van der Waals surface area contributed by atoms with Crippen molar-refractivity contribution in [2.75, 3.05) is 26.4 Å². The van der Waals surface area contributed by atoms with Crippen LogP contribution in [0.3, 0.4) is 0 Å². The average molecular weight is 187 g/mol. The van der Waals surface area contributed by atoms with Gasteiger partial charge in [-0.25, -0.2) is 0 Å². The minimum atomic E-state index is 0.287. The topological polar surface area (TPSA) is 41.5 Å². The van der Waals surface area contributed by atoms with Crippen LogP contribution in [0.2, 0.25) is 0 Å². The Labute approximate surface area is 80.5 Å². The molecular weight excluding hydrogens is 166 g/mol. The summed E-state index contributed by atoms with van der Waals surface area (Å²) in [6.45, 7) is 5.16. The summed E-state index contributed by atoms with van der Waals surface area (Å²) in [5.74, 6) is 0.695. The summed E-state index contributed by atoms with van der Waals surface area (Å²) in [5.41, 5.74) is 0. The Morgan fingerprint density at radius 1 is 1.46 bits per heavy atom. The number of rotatable bonds is 5. The van der Waals surface area contributed by atoms with E-state index < -0.39 is 0 Å². The fourth-order valence-corrected chi connectivity index (χ4v) is 2.02. The van der Waals surface area contributed by atoms with Crippen LogP contribution in [-0.2, 0) is 4.74 Å². The van der Waals surface area contributed by atoms with Crippen molar-refractivity contribution >= 4 is 0 Å². The first-order chi connectivity index (χ1) is 6.38. The molecule has 1 atom stereocenters. The molecule has 0 aromatic heterocycles. The molecule has 1 aliphatic rings. The highest BCUT2D eigenvalue weighted by Crippen LogP contribution is 2.20. The van der Waals surface area contributed by atoms with Crippen LogP contribution in [0, 0.1) is 5.92 Å². The molecule has 1 unspecified atom stereocenters. The van der Waals surface area contributed by atoms with Gasteiger partial charge in [-0.15, -0.1) is 0 Å². The van der Waals surface area contributed by atoms with E-state index in [0.29, 0.717) is 12.0 Å². The molecule has 2 N–H and O–H groups in total. The van der Waals surface area contributed by atoms with Crippen LogP contribution >= 0.6 is 0 Å². The molecule has 0 spiro atoms. The van der Waals surface area contributed by atoms with Gasteiger partial charge >= 0.3 is 0 Å². The van der Waals surface area contributed by atoms with Gasteiger partial charge in [0.25, 0.3) is 0 Å². The first-order valence-electron chi connectivity index (χ1n) is 5.30. The maximum absolute atomic E-state index is 8.92. The Balaban J connectivity index is 2.32. The monoisotopic (exact) mass is 187 g/mol. The molecular formula is C10H21NO2. The Hall–Kier alpha value is -0.120. The Bertz CT molecular complexity index is 118. The van der Waals surface area contributed by atoms with Crippen molar-refractivity contribution < 1.29 is 9.84 Å². The molecule has 1 rings (SSSR count). The smallest absolute Gasteiger partial charge is 0.0469 e. The van der Waals surface area contributed by atoms with Crippen LogP contribution in [0.1, 0.15) is 26.2 Å². The zero-order chi connectivity index (χ0) is 9.52. The maximum atomic E-state index is 8.92. The van der Waals surface area contributed by atoms with Crippen molar-refractivity contribution in [3.8, 4) is 0 Å². The van der Waals surface area contributed by atoms with Gasteiger partial charge in [0.1, 0.15) is 0 Å². The molecule has 1 saturated heterocycles. The van der Waals surface area contributed by atoms with Gasteiger partial charge < -0.3 is 15.2 Å². The van der Waals surface area contributed by atoms with E-state index in [9.17, 15) is 0 Å². The Morgan fingerprint density at radius 2 is 2.15 bits per heavy atom. The minimum Gasteiger partial charge on any atom is -0.396 e. The molecule has 0 aliphatic carbocycles. The molecule has 0 amide bonds. The van der Waals surface area contributed by atoms with Crippen molar-refractivity contribution in [1.29, 1.82) is 0 Å². The lowest BCUT2D eigenvalue weighted by atomic mass is 9.90. The van der Waals surface area contributed by atoms with Gasteiger partial charge in [-0.2, -0.15) is 0 Å². The highest BCUT2D eigenvalue weighted by atomic mass is 16.5. The largest absolute Gasteiger partial charge is 0.396 e. The second-order valence-electron chi connectivity index (χ2n) is 3.63. The third-order valence-electron chi connectivity index (χ3n) is 2.74. The maximum Gasteiger partial charge on any atom is 0.0469 e. The van der Waals surface area contributed by atoms with Gasteiger partial charge in [-0.05, 0) is 31.7 Å². The first kappa shape index (κ1) is 11.0. The van der Waals surface area contributed by atoms with Crippen LogP contribution in [-0.4, -0.2) is 37.5 Å². The number of aliphatic hydroxyl groups is 1. The zero-order valence-electron chi connectivity index (χ0n) is 8.46. The molecule has 3 nitrogen and oxygen atoms in total. The van der Waals surface area contributed by atoms with Gasteiger partial charge in [-0.3, -0.25) is 0 Å². The van der Waals surface area contributed by atoms with Crippen molar-refractivity contribution in [2.24, 2.45) is 5.92 Å². The van der Waals surface area contributed by atoms with Crippen LogP contribution in [0.15, 0.2) is 0 Å². The van der Waals surface area contributed by atoms with Crippen LogP contribution < -0.4 is 5.32 Å². The average Bonchev–Trinajstić information content (AvgIpc) is 2.19. The predicted molar refractivity (Wildman–Crippen MR) is 52.7 cm³/mol. The van der Waals surface area contributed by atoms with Crippen LogP contribution in [0.4, 0.5) is 0 Å². The molecule has 78 valence electrons. The van der Waals surface area contributed by atoms with E-state index in [1.165, 1.54) is 0 Å². The second kappa shape index (κ2) is 6.35. The van der Waals surface area contributed by atoms with Gasteiger partial charge in [-0.1, -0.05) is 6.92 Å². The number of hydrogen-bond donors (Lipinski definition) is 2. The van der Waals surface area contributed by atoms with Crippen LogP contribution in [0.25, 0.3) is 0 Å². The van der Waals surface area contributed by atoms with Crippen molar-refractivity contribution in [3.05, 3.63) is 0 Å². The molecule has 0 aromatic carbocycles. The normalized spacial score (nSPS) is 21.7. The fraction of sp³-hybridized carbons (Fsp3) is 1.00. The molecule has 1 heterocycles. The fourth-order valence-electron chi connectivity index (χ4n) is 2.02. The van der Waals surface area contributed by atoms with Gasteiger partial charge in [0.15, 0.2) is 0 Å². The van der Waals surface area contributed by atoms with E-state index in [4.69, 9.17) is 9.84 Å². The number of hydrogen-bond acceptors (Lipinski definition) is 3. The summed E-state index contributed by atoms with van der Waals surface area (Å²) in [7, 11) is 0. The molecule has 0 aromatic rings. The Morgan fingerprint density at radius 3 is 2.69 bits per heavy atom. The van der Waals surface area contributed by atoms with Gasteiger partial charge in [0, 0.05) is 25.9 Å².